The number of fused-ring (bicyclic) bond motifs is 1. The number of amides is 1. The molecule has 0 aliphatic heterocycles. The SMILES string of the molecule is CCC(c1cc2onc(C)c2c(=O)n1Cc1ccccc1)N(CCCN)C(=O)c1ccc(Cl)cc1. The van der Waals surface area contributed by atoms with Gasteiger partial charge in [-0.2, -0.15) is 0 Å². The Morgan fingerprint density at radius 2 is 1.89 bits per heavy atom. The second kappa shape index (κ2) is 10.9. The Hall–Kier alpha value is -3.42. The number of carbonyl (C=O) groups excluding carboxylic acids is 1. The number of nitrogens with zero attached hydrogens (tertiary/aromatic N) is 3. The Bertz CT molecular complexity index is 1360. The molecule has 182 valence electrons. The smallest absolute Gasteiger partial charge is 0.264 e. The Kier molecular flexibility index (Phi) is 7.68. The standard InChI is InChI=1S/C27H29ClN4O3/c1-3-22(31(15-7-14-29)26(33)20-10-12-21(28)13-11-20)23-16-24-25(18(2)30-35-24)27(34)32(23)17-19-8-5-4-6-9-19/h4-6,8-13,16,22H,3,7,14-15,17,29H2,1-2H3. The number of halogens is 1. The van der Waals surface area contributed by atoms with Crippen molar-refractivity contribution in [2.75, 3.05) is 13.1 Å². The summed E-state index contributed by atoms with van der Waals surface area (Å²) < 4.78 is 7.22. The molecule has 2 aromatic carbocycles. The number of nitrogens with two attached hydrogens (primary N) is 1. The van der Waals surface area contributed by atoms with Gasteiger partial charge in [0.2, 0.25) is 0 Å². The van der Waals surface area contributed by atoms with Crippen LogP contribution in [-0.2, 0) is 6.54 Å². The summed E-state index contributed by atoms with van der Waals surface area (Å²) in [6.07, 6.45) is 1.22. The van der Waals surface area contributed by atoms with E-state index in [2.05, 4.69) is 5.16 Å². The van der Waals surface area contributed by atoms with E-state index in [-0.39, 0.29) is 17.5 Å². The van der Waals surface area contributed by atoms with Gasteiger partial charge in [-0.1, -0.05) is 54.0 Å². The molecule has 1 atom stereocenters. The fourth-order valence-electron chi connectivity index (χ4n) is 4.42. The number of aromatic nitrogens is 2. The van der Waals surface area contributed by atoms with E-state index in [0.29, 0.717) is 65.4 Å². The summed E-state index contributed by atoms with van der Waals surface area (Å²) in [5, 5.41) is 5.03. The Balaban J connectivity index is 1.86. The Morgan fingerprint density at radius 3 is 2.54 bits per heavy atom. The molecule has 0 spiro atoms. The molecule has 0 aliphatic carbocycles. The molecule has 1 unspecified atom stereocenters. The maximum absolute atomic E-state index is 13.7. The molecular formula is C27H29ClN4O3. The first-order valence-electron chi connectivity index (χ1n) is 11.7. The van der Waals surface area contributed by atoms with E-state index in [9.17, 15) is 9.59 Å². The van der Waals surface area contributed by atoms with Crippen LogP contribution in [0.5, 0.6) is 0 Å². The second-order valence-electron chi connectivity index (χ2n) is 8.53. The van der Waals surface area contributed by atoms with Gasteiger partial charge in [0.05, 0.1) is 18.3 Å². The van der Waals surface area contributed by atoms with Gasteiger partial charge in [-0.25, -0.2) is 0 Å². The van der Waals surface area contributed by atoms with E-state index in [1.807, 2.05) is 43.3 Å². The summed E-state index contributed by atoms with van der Waals surface area (Å²) in [7, 11) is 0. The van der Waals surface area contributed by atoms with Crippen LogP contribution in [0.4, 0.5) is 0 Å². The third kappa shape index (κ3) is 5.16. The number of pyridine rings is 1. The minimum absolute atomic E-state index is 0.144. The average Bonchev–Trinajstić information content (AvgIpc) is 3.25. The van der Waals surface area contributed by atoms with Crippen molar-refractivity contribution in [3.05, 3.63) is 98.6 Å². The molecule has 2 aromatic heterocycles. The molecule has 8 heteroatoms. The summed E-state index contributed by atoms with van der Waals surface area (Å²) in [6, 6.07) is 18.1. The summed E-state index contributed by atoms with van der Waals surface area (Å²) >= 11 is 6.04. The first kappa shape index (κ1) is 24.7. The molecule has 7 nitrogen and oxygen atoms in total. The van der Waals surface area contributed by atoms with E-state index >= 15 is 0 Å². The van der Waals surface area contributed by atoms with Gasteiger partial charge in [-0.05, 0) is 56.1 Å². The first-order valence-corrected chi connectivity index (χ1v) is 12.1. The summed E-state index contributed by atoms with van der Waals surface area (Å²) in [5.74, 6) is -0.144. The van der Waals surface area contributed by atoms with Crippen LogP contribution in [0.25, 0.3) is 11.0 Å². The highest BCUT2D eigenvalue weighted by Crippen LogP contribution is 2.29. The number of benzene rings is 2. The van der Waals surface area contributed by atoms with Gasteiger partial charge in [0.15, 0.2) is 5.58 Å². The van der Waals surface area contributed by atoms with E-state index in [0.717, 1.165) is 5.56 Å². The maximum Gasteiger partial charge on any atom is 0.264 e. The van der Waals surface area contributed by atoms with Crippen molar-refractivity contribution >= 4 is 28.5 Å². The van der Waals surface area contributed by atoms with Crippen LogP contribution in [0.2, 0.25) is 5.02 Å². The lowest BCUT2D eigenvalue weighted by atomic mass is 10.0. The van der Waals surface area contributed by atoms with Crippen LogP contribution >= 0.6 is 11.6 Å². The topological polar surface area (TPSA) is 94.4 Å². The number of hydrogen-bond donors (Lipinski definition) is 1. The van der Waals surface area contributed by atoms with Crippen molar-refractivity contribution in [1.82, 2.24) is 14.6 Å². The molecule has 4 rings (SSSR count). The molecule has 2 N–H and O–H groups in total. The van der Waals surface area contributed by atoms with Gasteiger partial charge >= 0.3 is 0 Å². The fourth-order valence-corrected chi connectivity index (χ4v) is 4.55. The molecule has 0 radical (unpaired) electrons. The third-order valence-corrected chi connectivity index (χ3v) is 6.43. The molecule has 0 saturated carbocycles. The lowest BCUT2D eigenvalue weighted by Gasteiger charge is -2.33. The van der Waals surface area contributed by atoms with Gasteiger partial charge in [-0.3, -0.25) is 9.59 Å². The van der Waals surface area contributed by atoms with Crippen molar-refractivity contribution in [2.24, 2.45) is 5.73 Å². The van der Waals surface area contributed by atoms with Crippen molar-refractivity contribution in [1.29, 1.82) is 0 Å². The molecular weight excluding hydrogens is 464 g/mol. The molecule has 35 heavy (non-hydrogen) atoms. The molecule has 4 aromatic rings. The highest BCUT2D eigenvalue weighted by Gasteiger charge is 2.29. The third-order valence-electron chi connectivity index (χ3n) is 6.18. The van der Waals surface area contributed by atoms with Crippen molar-refractivity contribution in [3.8, 4) is 0 Å². The highest BCUT2D eigenvalue weighted by molar-refractivity contribution is 6.30. The number of rotatable bonds is 9. The molecule has 1 amide bonds. The van der Waals surface area contributed by atoms with Crippen LogP contribution in [0.15, 0.2) is 70.0 Å². The maximum atomic E-state index is 13.7. The van der Waals surface area contributed by atoms with Crippen LogP contribution in [0.1, 0.15) is 53.1 Å². The largest absolute Gasteiger partial charge is 0.356 e. The second-order valence-corrected chi connectivity index (χ2v) is 8.96. The summed E-state index contributed by atoms with van der Waals surface area (Å²) in [4.78, 5) is 29.2. The molecule has 2 heterocycles. The Labute approximate surface area is 209 Å². The summed E-state index contributed by atoms with van der Waals surface area (Å²) in [6.45, 7) is 5.02. The first-order chi connectivity index (χ1) is 16.9. The minimum Gasteiger partial charge on any atom is -0.356 e. The van der Waals surface area contributed by atoms with Crippen LogP contribution in [0.3, 0.4) is 0 Å². The van der Waals surface area contributed by atoms with Crippen LogP contribution in [0, 0.1) is 6.92 Å². The normalized spacial score (nSPS) is 12.1. The molecule has 0 aliphatic rings. The molecule has 0 saturated heterocycles. The van der Waals surface area contributed by atoms with Crippen LogP contribution in [-0.4, -0.2) is 33.6 Å². The van der Waals surface area contributed by atoms with Crippen molar-refractivity contribution in [2.45, 2.75) is 39.3 Å². The molecule has 0 bridgehead atoms. The van der Waals surface area contributed by atoms with Gasteiger partial charge < -0.3 is 19.7 Å². The van der Waals surface area contributed by atoms with Gasteiger partial charge in [0.1, 0.15) is 5.39 Å². The zero-order chi connectivity index (χ0) is 24.9. The van der Waals surface area contributed by atoms with Crippen molar-refractivity contribution < 1.29 is 9.32 Å². The lowest BCUT2D eigenvalue weighted by molar-refractivity contribution is 0.0660. The van der Waals surface area contributed by atoms with Crippen LogP contribution < -0.4 is 11.3 Å². The minimum atomic E-state index is -0.379. The zero-order valence-corrected chi connectivity index (χ0v) is 20.7. The Morgan fingerprint density at radius 1 is 1.17 bits per heavy atom. The van der Waals surface area contributed by atoms with E-state index in [1.54, 1.807) is 40.7 Å². The quantitative estimate of drug-likeness (QED) is 0.357. The lowest BCUT2D eigenvalue weighted by Crippen LogP contribution is -2.39. The molecule has 0 fully saturated rings. The number of hydrogen-bond acceptors (Lipinski definition) is 5. The van der Waals surface area contributed by atoms with E-state index < -0.39 is 0 Å². The van der Waals surface area contributed by atoms with Crippen molar-refractivity contribution in [3.63, 3.8) is 0 Å². The van der Waals surface area contributed by atoms with Gasteiger partial charge in [0.25, 0.3) is 11.5 Å². The monoisotopic (exact) mass is 492 g/mol. The number of carbonyl (C=O) groups is 1. The predicted molar refractivity (Wildman–Crippen MR) is 138 cm³/mol. The van der Waals surface area contributed by atoms with Gasteiger partial charge in [-0.15, -0.1) is 0 Å². The van der Waals surface area contributed by atoms with E-state index in [1.165, 1.54) is 0 Å². The van der Waals surface area contributed by atoms with E-state index in [4.69, 9.17) is 21.9 Å². The number of aryl methyl sites for hydroxylation is 1. The fraction of sp³-hybridized carbons (Fsp3) is 0.296. The van der Waals surface area contributed by atoms with Gasteiger partial charge in [0, 0.05) is 28.9 Å². The average molecular weight is 493 g/mol. The zero-order valence-electron chi connectivity index (χ0n) is 19.9. The highest BCUT2D eigenvalue weighted by atomic mass is 35.5. The predicted octanol–water partition coefficient (Wildman–Crippen LogP) is 4.94. The summed E-state index contributed by atoms with van der Waals surface area (Å²) in [5.41, 5.74) is 8.80.